The van der Waals surface area contributed by atoms with Crippen LogP contribution in [-0.4, -0.2) is 52.5 Å². The van der Waals surface area contributed by atoms with Crippen molar-refractivity contribution in [1.29, 1.82) is 0 Å². The maximum absolute atomic E-state index is 11.7. The van der Waals surface area contributed by atoms with Crippen molar-refractivity contribution in [3.8, 4) is 0 Å². The average molecular weight is 274 g/mol. The minimum Gasteiger partial charge on any atom is -0.481 e. The van der Waals surface area contributed by atoms with E-state index in [0.29, 0.717) is 13.0 Å². The van der Waals surface area contributed by atoms with E-state index in [1.54, 1.807) is 13.8 Å². The highest BCUT2D eigenvalue weighted by atomic mass is 16.5. The molecule has 0 aromatic carbocycles. The molecule has 0 saturated carbocycles. The lowest BCUT2D eigenvalue weighted by Crippen LogP contribution is -2.56. The lowest BCUT2D eigenvalue weighted by atomic mass is 9.95. The van der Waals surface area contributed by atoms with Gasteiger partial charge in [0.25, 0.3) is 0 Å². The Hall–Kier alpha value is -1.83. The fourth-order valence-corrected chi connectivity index (χ4v) is 1.83. The Balaban J connectivity index is 2.58. The van der Waals surface area contributed by atoms with Gasteiger partial charge in [-0.2, -0.15) is 0 Å². The molecule has 0 aromatic heterocycles. The van der Waals surface area contributed by atoms with Crippen molar-refractivity contribution in [1.82, 2.24) is 10.6 Å². The normalized spacial score (nSPS) is 27.6. The molecular weight excluding hydrogens is 256 g/mol. The van der Waals surface area contributed by atoms with E-state index < -0.39 is 36.0 Å². The number of carboxylic acid groups (broad SMARTS) is 2. The van der Waals surface area contributed by atoms with Gasteiger partial charge in [0.2, 0.25) is 0 Å². The molecule has 0 aromatic rings. The quantitative estimate of drug-likeness (QED) is 0.549. The number of hydrogen-bond donors (Lipinski definition) is 4. The average Bonchev–Trinajstić information content (AvgIpc) is 2.57. The molecule has 4 N–H and O–H groups in total. The van der Waals surface area contributed by atoms with Gasteiger partial charge >= 0.3 is 18.0 Å². The number of rotatable bonds is 5. The second kappa shape index (κ2) is 5.87. The number of carbonyl (C=O) groups is 3. The number of urea groups is 1. The number of carboxylic acids is 2. The molecule has 2 unspecified atom stereocenters. The van der Waals surface area contributed by atoms with Gasteiger partial charge in [-0.3, -0.25) is 4.79 Å². The molecule has 1 fully saturated rings. The van der Waals surface area contributed by atoms with Crippen molar-refractivity contribution in [3.05, 3.63) is 0 Å². The Bertz CT molecular complexity index is 385. The summed E-state index contributed by atoms with van der Waals surface area (Å²) in [6.45, 7) is 4.10. The van der Waals surface area contributed by atoms with Crippen molar-refractivity contribution >= 4 is 18.0 Å². The molecule has 0 bridgehead atoms. The fourth-order valence-electron chi connectivity index (χ4n) is 1.83. The predicted octanol–water partition coefficient (Wildman–Crippen LogP) is -0.219. The molecule has 0 radical (unpaired) electrons. The number of nitrogens with one attached hydrogen (secondary N) is 2. The van der Waals surface area contributed by atoms with Crippen molar-refractivity contribution < 1.29 is 29.3 Å². The summed E-state index contributed by atoms with van der Waals surface area (Å²) < 4.78 is 5.33. The molecule has 1 aliphatic heterocycles. The summed E-state index contributed by atoms with van der Waals surface area (Å²) in [5.41, 5.74) is -0.587. The van der Waals surface area contributed by atoms with Gasteiger partial charge in [-0.15, -0.1) is 0 Å². The third-order valence-electron chi connectivity index (χ3n) is 3.27. The number of hydrogen-bond acceptors (Lipinski definition) is 4. The third-order valence-corrected chi connectivity index (χ3v) is 3.27. The summed E-state index contributed by atoms with van der Waals surface area (Å²) in [5, 5.41) is 22.2. The highest BCUT2D eigenvalue weighted by molar-refractivity contribution is 5.86. The zero-order valence-electron chi connectivity index (χ0n) is 10.8. The molecule has 108 valence electrons. The Kier molecular flexibility index (Phi) is 4.71. The number of ether oxygens (including phenoxy) is 1. The Morgan fingerprint density at radius 2 is 2.05 bits per heavy atom. The summed E-state index contributed by atoms with van der Waals surface area (Å²) in [6, 6.07) is -2.17. The SMILES string of the molecule is CC1OCCC1(C)NC(=O)N[C@@H](CC(=O)O)C(=O)O. The van der Waals surface area contributed by atoms with Gasteiger partial charge < -0.3 is 25.6 Å². The summed E-state index contributed by atoms with van der Waals surface area (Å²) in [6.07, 6.45) is -0.259. The van der Waals surface area contributed by atoms with Crippen LogP contribution in [0.1, 0.15) is 26.7 Å². The van der Waals surface area contributed by atoms with Crippen molar-refractivity contribution in [2.75, 3.05) is 6.61 Å². The van der Waals surface area contributed by atoms with Gasteiger partial charge in [-0.1, -0.05) is 0 Å². The first-order valence-corrected chi connectivity index (χ1v) is 5.89. The van der Waals surface area contributed by atoms with Crippen molar-refractivity contribution in [3.63, 3.8) is 0 Å². The summed E-state index contributed by atoms with van der Waals surface area (Å²) in [7, 11) is 0. The summed E-state index contributed by atoms with van der Waals surface area (Å²) >= 11 is 0. The second-order valence-electron chi connectivity index (χ2n) is 4.77. The summed E-state index contributed by atoms with van der Waals surface area (Å²) in [4.78, 5) is 33.0. The molecule has 2 amide bonds. The van der Waals surface area contributed by atoms with Crippen molar-refractivity contribution in [2.24, 2.45) is 0 Å². The highest BCUT2D eigenvalue weighted by Crippen LogP contribution is 2.24. The van der Waals surface area contributed by atoms with Crippen LogP contribution in [0.25, 0.3) is 0 Å². The minimum absolute atomic E-state index is 0.194. The van der Waals surface area contributed by atoms with Gasteiger partial charge in [-0.05, 0) is 20.3 Å². The predicted molar refractivity (Wildman–Crippen MR) is 63.8 cm³/mol. The monoisotopic (exact) mass is 274 g/mol. The summed E-state index contributed by atoms with van der Waals surface area (Å²) in [5.74, 6) is -2.69. The molecule has 1 saturated heterocycles. The van der Waals surface area contributed by atoms with Crippen LogP contribution < -0.4 is 10.6 Å². The Labute approximate surface area is 110 Å². The topological polar surface area (TPSA) is 125 Å². The number of carbonyl (C=O) groups excluding carboxylic acids is 1. The second-order valence-corrected chi connectivity index (χ2v) is 4.77. The van der Waals surface area contributed by atoms with Crippen LogP contribution >= 0.6 is 0 Å². The van der Waals surface area contributed by atoms with Gasteiger partial charge in [0.15, 0.2) is 0 Å². The first-order valence-electron chi connectivity index (χ1n) is 5.89. The number of aliphatic carboxylic acids is 2. The van der Waals surface area contributed by atoms with Crippen molar-refractivity contribution in [2.45, 2.75) is 44.4 Å². The molecule has 1 rings (SSSR count). The third kappa shape index (κ3) is 4.09. The molecule has 0 aliphatic carbocycles. The van der Waals surface area contributed by atoms with Crippen LogP contribution in [0.3, 0.4) is 0 Å². The van der Waals surface area contributed by atoms with Crippen LogP contribution in [0.15, 0.2) is 0 Å². The molecule has 1 aliphatic rings. The lowest BCUT2D eigenvalue weighted by Gasteiger charge is -2.29. The lowest BCUT2D eigenvalue weighted by molar-refractivity contribution is -0.145. The van der Waals surface area contributed by atoms with E-state index in [-0.39, 0.29) is 6.10 Å². The van der Waals surface area contributed by atoms with Gasteiger partial charge in [-0.25, -0.2) is 9.59 Å². The minimum atomic E-state index is -1.46. The highest BCUT2D eigenvalue weighted by Gasteiger charge is 2.39. The van der Waals surface area contributed by atoms with E-state index in [1.165, 1.54) is 0 Å². The van der Waals surface area contributed by atoms with Crippen LogP contribution in [0.4, 0.5) is 4.79 Å². The molecule has 8 heteroatoms. The zero-order chi connectivity index (χ0) is 14.6. The van der Waals surface area contributed by atoms with Crippen LogP contribution in [0.2, 0.25) is 0 Å². The first kappa shape index (κ1) is 15.2. The Morgan fingerprint density at radius 3 is 2.47 bits per heavy atom. The number of amides is 2. The molecule has 0 spiro atoms. The fraction of sp³-hybridized carbons (Fsp3) is 0.727. The van der Waals surface area contributed by atoms with Crippen LogP contribution in [0.5, 0.6) is 0 Å². The van der Waals surface area contributed by atoms with E-state index in [9.17, 15) is 14.4 Å². The maximum Gasteiger partial charge on any atom is 0.326 e. The van der Waals surface area contributed by atoms with Gasteiger partial charge in [0.05, 0.1) is 18.1 Å². The maximum atomic E-state index is 11.7. The van der Waals surface area contributed by atoms with Gasteiger partial charge in [0, 0.05) is 6.61 Å². The Morgan fingerprint density at radius 1 is 1.42 bits per heavy atom. The molecule has 1 heterocycles. The largest absolute Gasteiger partial charge is 0.481 e. The molecule has 3 atom stereocenters. The first-order chi connectivity index (χ1) is 8.74. The van der Waals surface area contributed by atoms with Crippen LogP contribution in [-0.2, 0) is 14.3 Å². The molecule has 19 heavy (non-hydrogen) atoms. The van der Waals surface area contributed by atoms with E-state index in [1.807, 2.05) is 0 Å². The van der Waals surface area contributed by atoms with Gasteiger partial charge in [0.1, 0.15) is 6.04 Å². The van der Waals surface area contributed by atoms with Crippen LogP contribution in [0, 0.1) is 0 Å². The molecule has 8 nitrogen and oxygen atoms in total. The molecular formula is C11H18N2O6. The van der Waals surface area contributed by atoms with E-state index in [2.05, 4.69) is 10.6 Å². The standard InChI is InChI=1S/C11H18N2O6/c1-6-11(2,3-4-19-6)13-10(18)12-7(9(16)17)5-8(14)15/h6-7H,3-5H2,1-2H3,(H,14,15)(H,16,17)(H2,12,13,18)/t6?,7-,11?/m0/s1. The van der Waals surface area contributed by atoms with E-state index in [4.69, 9.17) is 14.9 Å². The van der Waals surface area contributed by atoms with E-state index >= 15 is 0 Å². The smallest absolute Gasteiger partial charge is 0.326 e. The zero-order valence-corrected chi connectivity index (χ0v) is 10.8. The van der Waals surface area contributed by atoms with E-state index in [0.717, 1.165) is 0 Å².